The van der Waals surface area contributed by atoms with Crippen LogP contribution in [0.4, 0.5) is 0 Å². The van der Waals surface area contributed by atoms with Crippen LogP contribution < -0.4 is 5.19 Å². The van der Waals surface area contributed by atoms with Crippen LogP contribution in [0.3, 0.4) is 0 Å². The Balaban J connectivity index is 3.38. The summed E-state index contributed by atoms with van der Waals surface area (Å²) in [6, 6.07) is 3.82. The van der Waals surface area contributed by atoms with Crippen molar-refractivity contribution in [1.29, 1.82) is 0 Å². The van der Waals surface area contributed by atoms with Crippen molar-refractivity contribution >= 4 is 41.9 Å². The fourth-order valence-electron chi connectivity index (χ4n) is 1.35. The van der Waals surface area contributed by atoms with Crippen LogP contribution in [0.1, 0.15) is 21.5 Å². The van der Waals surface area contributed by atoms with Crippen LogP contribution >= 0.6 is 22.7 Å². The van der Waals surface area contributed by atoms with Gasteiger partial charge < -0.3 is 0 Å². The quantitative estimate of drug-likeness (QED) is 0.431. The van der Waals surface area contributed by atoms with Crippen molar-refractivity contribution in [2.75, 3.05) is 0 Å². The fourth-order valence-corrected chi connectivity index (χ4v) is 3.41. The molecule has 70 valence electrons. The van der Waals surface area contributed by atoms with Gasteiger partial charge in [0.25, 0.3) is 5.24 Å². The molecule has 0 aromatic heterocycles. The Kier molecular flexibility index (Phi) is 3.53. The first-order chi connectivity index (χ1) is 6.06. The van der Waals surface area contributed by atoms with E-state index in [0.717, 1.165) is 16.3 Å². The van der Waals surface area contributed by atoms with Crippen molar-refractivity contribution in [3.8, 4) is 0 Å². The minimum Gasteiger partial charge on any atom is -0.276 e. The Morgan fingerprint density at radius 1 is 1.38 bits per heavy atom. The predicted molar refractivity (Wildman–Crippen MR) is 60.1 cm³/mol. The maximum Gasteiger partial charge on any atom is 0.252 e. The van der Waals surface area contributed by atoms with E-state index < -0.39 is 14.1 Å². The third-order valence-corrected chi connectivity index (χ3v) is 4.17. The Bertz CT molecular complexity index is 350. The van der Waals surface area contributed by atoms with E-state index in [2.05, 4.69) is 0 Å². The van der Waals surface area contributed by atoms with Crippen molar-refractivity contribution in [2.45, 2.75) is 13.8 Å². The lowest BCUT2D eigenvalue weighted by Gasteiger charge is -2.07. The fraction of sp³-hybridized carbons (Fsp3) is 0.222. The number of carbonyl (C=O) groups excluding carboxylic acids is 1. The average Bonchev–Trinajstić information content (AvgIpc) is 2.02. The highest BCUT2D eigenvalue weighted by molar-refractivity contribution is 7.02. The van der Waals surface area contributed by atoms with Crippen LogP contribution in [-0.4, -0.2) is 14.1 Å². The van der Waals surface area contributed by atoms with Crippen LogP contribution in [0.5, 0.6) is 0 Å². The molecule has 0 radical (unpaired) electrons. The highest BCUT2D eigenvalue weighted by Crippen LogP contribution is 2.09. The van der Waals surface area contributed by atoms with Crippen LogP contribution in [0, 0.1) is 13.8 Å². The van der Waals surface area contributed by atoms with Crippen molar-refractivity contribution in [2.24, 2.45) is 0 Å². The van der Waals surface area contributed by atoms with Gasteiger partial charge in [-0.15, -0.1) is 0 Å². The van der Waals surface area contributed by atoms with Crippen LogP contribution in [-0.2, 0) is 0 Å². The maximum atomic E-state index is 11.1. The monoisotopic (exact) mass is 232 g/mol. The Morgan fingerprint density at radius 2 is 2.00 bits per heavy atom. The van der Waals surface area contributed by atoms with E-state index in [-0.39, 0.29) is 0 Å². The second-order valence-corrected chi connectivity index (χ2v) is 5.13. The number of halogens is 2. The van der Waals surface area contributed by atoms with Gasteiger partial charge in [-0.3, -0.25) is 4.79 Å². The van der Waals surface area contributed by atoms with E-state index in [0.29, 0.717) is 5.56 Å². The molecular formula is C9H10Cl2OSi. The molecule has 0 saturated carbocycles. The number of hydrogen-bond donors (Lipinski definition) is 0. The molecule has 0 heterocycles. The molecule has 0 bridgehead atoms. The lowest BCUT2D eigenvalue weighted by molar-refractivity contribution is 0.108. The Hall–Kier alpha value is -0.313. The summed E-state index contributed by atoms with van der Waals surface area (Å²) < 4.78 is 0. The zero-order chi connectivity index (χ0) is 10.0. The first-order valence-corrected chi connectivity index (χ1v) is 7.14. The molecule has 0 atom stereocenters. The first-order valence-electron chi connectivity index (χ1n) is 3.92. The highest BCUT2D eigenvalue weighted by atomic mass is 35.6. The van der Waals surface area contributed by atoms with Crippen LogP contribution in [0.25, 0.3) is 0 Å². The van der Waals surface area contributed by atoms with Gasteiger partial charge in [-0.25, -0.2) is 0 Å². The summed E-state index contributed by atoms with van der Waals surface area (Å²) in [6.45, 7) is 3.90. The smallest absolute Gasteiger partial charge is 0.252 e. The SMILES string of the molecule is Cc1cc(C)c([SiH2]Cl)c(C(=O)Cl)c1. The zero-order valence-electron chi connectivity index (χ0n) is 7.53. The van der Waals surface area contributed by atoms with Gasteiger partial charge in [-0.05, 0) is 36.7 Å². The number of aryl methyl sites for hydroxylation is 2. The molecule has 1 aromatic rings. The highest BCUT2D eigenvalue weighted by Gasteiger charge is 2.11. The topological polar surface area (TPSA) is 17.1 Å². The van der Waals surface area contributed by atoms with Gasteiger partial charge >= 0.3 is 0 Å². The molecule has 13 heavy (non-hydrogen) atoms. The van der Waals surface area contributed by atoms with Gasteiger partial charge in [-0.2, -0.15) is 11.1 Å². The van der Waals surface area contributed by atoms with Crippen molar-refractivity contribution in [3.05, 3.63) is 28.8 Å². The molecule has 0 unspecified atom stereocenters. The van der Waals surface area contributed by atoms with E-state index in [1.54, 1.807) is 6.07 Å². The standard InChI is InChI=1S/C9H10Cl2OSi/c1-5-3-6(2)8(13-11)7(4-5)9(10)12/h3-4H,13H2,1-2H3. The molecule has 0 spiro atoms. The van der Waals surface area contributed by atoms with Gasteiger partial charge in [0, 0.05) is 5.56 Å². The molecule has 1 nitrogen and oxygen atoms in total. The van der Waals surface area contributed by atoms with E-state index >= 15 is 0 Å². The molecule has 0 saturated heterocycles. The van der Waals surface area contributed by atoms with Crippen LogP contribution in [0.2, 0.25) is 0 Å². The van der Waals surface area contributed by atoms with E-state index in [1.807, 2.05) is 19.9 Å². The summed E-state index contributed by atoms with van der Waals surface area (Å²) in [4.78, 5) is 11.1. The molecule has 4 heteroatoms. The molecular weight excluding hydrogens is 223 g/mol. The average molecular weight is 233 g/mol. The first kappa shape index (κ1) is 10.8. The van der Waals surface area contributed by atoms with Crippen molar-refractivity contribution in [3.63, 3.8) is 0 Å². The molecule has 0 N–H and O–H groups in total. The number of hydrogen-bond acceptors (Lipinski definition) is 1. The normalized spacial score (nSPS) is 11.1. The van der Waals surface area contributed by atoms with E-state index in [4.69, 9.17) is 22.7 Å². The molecule has 0 aliphatic rings. The van der Waals surface area contributed by atoms with Crippen molar-refractivity contribution < 1.29 is 4.79 Å². The second-order valence-electron chi connectivity index (χ2n) is 3.02. The summed E-state index contributed by atoms with van der Waals surface area (Å²) >= 11 is 11.3. The summed E-state index contributed by atoms with van der Waals surface area (Å²) in [5.41, 5.74) is 2.70. The van der Waals surface area contributed by atoms with Gasteiger partial charge in [0.1, 0.15) is 0 Å². The van der Waals surface area contributed by atoms with Gasteiger partial charge in [0.2, 0.25) is 0 Å². The van der Waals surface area contributed by atoms with Gasteiger partial charge in [-0.1, -0.05) is 17.2 Å². The minimum atomic E-state index is -0.858. The zero-order valence-corrected chi connectivity index (χ0v) is 10.5. The summed E-state index contributed by atoms with van der Waals surface area (Å²) in [5.74, 6) is 0. The minimum absolute atomic E-state index is 0.407. The summed E-state index contributed by atoms with van der Waals surface area (Å²) in [7, 11) is -0.858. The maximum absolute atomic E-state index is 11.1. The summed E-state index contributed by atoms with van der Waals surface area (Å²) in [5, 5.41) is 0.558. The number of rotatable bonds is 2. The van der Waals surface area contributed by atoms with Crippen molar-refractivity contribution in [1.82, 2.24) is 0 Å². The molecule has 0 amide bonds. The number of benzene rings is 1. The third kappa shape index (κ3) is 2.33. The number of carbonyl (C=O) groups is 1. The Morgan fingerprint density at radius 3 is 2.46 bits per heavy atom. The largest absolute Gasteiger partial charge is 0.276 e. The molecule has 1 aromatic carbocycles. The molecule has 0 fully saturated rings. The predicted octanol–water partition coefficient (Wildman–Crippen LogP) is 1.63. The third-order valence-electron chi connectivity index (χ3n) is 1.96. The molecule has 0 aliphatic heterocycles. The van der Waals surface area contributed by atoms with Crippen LogP contribution in [0.15, 0.2) is 12.1 Å². The molecule has 0 aliphatic carbocycles. The summed E-state index contributed by atoms with van der Waals surface area (Å²) in [6.07, 6.45) is 0. The van der Waals surface area contributed by atoms with E-state index in [1.165, 1.54) is 0 Å². The van der Waals surface area contributed by atoms with E-state index in [9.17, 15) is 4.79 Å². The Labute approximate surface area is 89.6 Å². The second kappa shape index (κ2) is 4.27. The van der Waals surface area contributed by atoms with Gasteiger partial charge in [0.05, 0.1) is 0 Å². The molecule has 1 rings (SSSR count). The lowest BCUT2D eigenvalue weighted by Crippen LogP contribution is -2.21. The lowest BCUT2D eigenvalue weighted by atomic mass is 10.1. The van der Waals surface area contributed by atoms with Gasteiger partial charge in [0.15, 0.2) is 8.83 Å².